The zero-order valence-electron chi connectivity index (χ0n) is 17.9. The molecule has 0 aliphatic carbocycles. The molecule has 0 bridgehead atoms. The third-order valence-electron chi connectivity index (χ3n) is 4.93. The van der Waals surface area contributed by atoms with E-state index in [2.05, 4.69) is 5.32 Å². The van der Waals surface area contributed by atoms with Crippen LogP contribution in [0.3, 0.4) is 0 Å². The molecule has 0 aromatic heterocycles. The van der Waals surface area contributed by atoms with Crippen LogP contribution in [0.2, 0.25) is 5.02 Å². The minimum atomic E-state index is -0.924. The third-order valence-corrected chi connectivity index (χ3v) is 5.19. The Labute approximate surface area is 206 Å². The summed E-state index contributed by atoms with van der Waals surface area (Å²) in [5.41, 5.74) is -0.937. The van der Waals surface area contributed by atoms with Gasteiger partial charge in [-0.15, -0.1) is 0 Å². The molecule has 0 spiro atoms. The molecule has 1 aliphatic heterocycles. The maximum atomic E-state index is 13.0. The maximum Gasteiger partial charge on any atom is 0.335 e. The molecule has 0 saturated carbocycles. The molecule has 1 N–H and O–H groups in total. The lowest BCUT2D eigenvalue weighted by Gasteiger charge is -2.26. The highest BCUT2D eigenvalue weighted by molar-refractivity contribution is 6.39. The van der Waals surface area contributed by atoms with Crippen LogP contribution in [0, 0.1) is 20.2 Å². The second-order valence-corrected chi connectivity index (χ2v) is 7.71. The van der Waals surface area contributed by atoms with E-state index >= 15 is 0 Å². The Kier molecular flexibility index (Phi) is 6.44. The Morgan fingerprint density at radius 1 is 0.917 bits per heavy atom. The van der Waals surface area contributed by atoms with Gasteiger partial charge in [0.25, 0.3) is 17.5 Å². The predicted molar refractivity (Wildman–Crippen MR) is 127 cm³/mol. The van der Waals surface area contributed by atoms with Crippen molar-refractivity contribution >= 4 is 52.6 Å². The molecule has 36 heavy (non-hydrogen) atoms. The number of nitro benzene ring substituents is 2. The minimum absolute atomic E-state index is 0.0932. The second kappa shape index (κ2) is 9.64. The van der Waals surface area contributed by atoms with Gasteiger partial charge < -0.3 is 4.74 Å². The van der Waals surface area contributed by atoms with E-state index in [0.29, 0.717) is 10.6 Å². The van der Waals surface area contributed by atoms with Gasteiger partial charge in [-0.2, -0.15) is 0 Å². The number of ether oxygens (including phenoxy) is 1. The van der Waals surface area contributed by atoms with Gasteiger partial charge in [-0.05, 0) is 54.1 Å². The van der Waals surface area contributed by atoms with Crippen molar-refractivity contribution < 1.29 is 29.0 Å². The van der Waals surface area contributed by atoms with Crippen molar-refractivity contribution in [1.82, 2.24) is 5.32 Å². The Morgan fingerprint density at radius 2 is 1.64 bits per heavy atom. The molecule has 0 unspecified atom stereocenters. The molecular weight excluding hydrogens is 496 g/mol. The van der Waals surface area contributed by atoms with Crippen molar-refractivity contribution in [3.63, 3.8) is 0 Å². The minimum Gasteiger partial charge on any atom is -0.450 e. The van der Waals surface area contributed by atoms with Gasteiger partial charge in [-0.3, -0.25) is 35.1 Å². The molecule has 3 aromatic rings. The van der Waals surface area contributed by atoms with E-state index in [9.17, 15) is 34.6 Å². The fourth-order valence-electron chi connectivity index (χ4n) is 3.29. The summed E-state index contributed by atoms with van der Waals surface area (Å²) in [6, 6.07) is 13.7. The normalized spacial score (nSPS) is 14.5. The smallest absolute Gasteiger partial charge is 0.335 e. The number of carbonyl (C=O) groups excluding carboxylic acids is 3. The van der Waals surface area contributed by atoms with Crippen LogP contribution < -0.4 is 15.0 Å². The van der Waals surface area contributed by atoms with Crippen molar-refractivity contribution in [2.75, 3.05) is 4.90 Å². The summed E-state index contributed by atoms with van der Waals surface area (Å²) in [5, 5.41) is 24.8. The maximum absolute atomic E-state index is 13.0. The van der Waals surface area contributed by atoms with Crippen molar-refractivity contribution in [2.45, 2.75) is 0 Å². The van der Waals surface area contributed by atoms with E-state index in [-0.39, 0.29) is 22.8 Å². The van der Waals surface area contributed by atoms with Crippen LogP contribution in [0.1, 0.15) is 5.56 Å². The van der Waals surface area contributed by atoms with E-state index in [1.54, 1.807) is 0 Å². The number of non-ortho nitro benzene ring substituents is 1. The number of amides is 4. The summed E-state index contributed by atoms with van der Waals surface area (Å²) < 4.78 is 5.55. The molecule has 0 radical (unpaired) electrons. The van der Waals surface area contributed by atoms with E-state index in [1.807, 2.05) is 0 Å². The molecular formula is C23H13ClN4O8. The highest BCUT2D eigenvalue weighted by Gasteiger charge is 2.36. The summed E-state index contributed by atoms with van der Waals surface area (Å²) in [7, 11) is 0. The molecule has 1 aliphatic rings. The first-order chi connectivity index (χ1) is 17.1. The summed E-state index contributed by atoms with van der Waals surface area (Å²) >= 11 is 5.86. The van der Waals surface area contributed by atoms with Gasteiger partial charge in [0.1, 0.15) is 11.3 Å². The highest BCUT2D eigenvalue weighted by Crippen LogP contribution is 2.35. The zero-order chi connectivity index (χ0) is 26.0. The Morgan fingerprint density at radius 3 is 2.31 bits per heavy atom. The van der Waals surface area contributed by atoms with Crippen molar-refractivity contribution in [2.24, 2.45) is 0 Å². The van der Waals surface area contributed by atoms with Crippen LogP contribution in [0.5, 0.6) is 11.5 Å². The fraction of sp³-hybridized carbons (Fsp3) is 0. The molecule has 13 heteroatoms. The largest absolute Gasteiger partial charge is 0.450 e. The molecule has 12 nitrogen and oxygen atoms in total. The number of barbiturate groups is 1. The molecule has 1 heterocycles. The number of benzene rings is 3. The third kappa shape index (κ3) is 4.88. The number of nitrogens with one attached hydrogen (secondary N) is 1. The monoisotopic (exact) mass is 508 g/mol. The van der Waals surface area contributed by atoms with E-state index < -0.39 is 39.1 Å². The summed E-state index contributed by atoms with van der Waals surface area (Å²) in [6.45, 7) is 0. The highest BCUT2D eigenvalue weighted by atomic mass is 35.5. The van der Waals surface area contributed by atoms with Crippen LogP contribution in [-0.4, -0.2) is 27.7 Å². The lowest BCUT2D eigenvalue weighted by molar-refractivity contribution is -0.394. The van der Waals surface area contributed by atoms with Gasteiger partial charge in [0, 0.05) is 11.1 Å². The summed E-state index contributed by atoms with van der Waals surface area (Å²) in [4.78, 5) is 59.2. The van der Waals surface area contributed by atoms with Crippen LogP contribution in [0.25, 0.3) is 6.08 Å². The number of nitro groups is 2. The van der Waals surface area contributed by atoms with E-state index in [4.69, 9.17) is 16.3 Å². The van der Waals surface area contributed by atoms with E-state index in [1.165, 1.54) is 54.6 Å². The number of urea groups is 1. The number of anilines is 1. The van der Waals surface area contributed by atoms with Gasteiger partial charge >= 0.3 is 11.7 Å². The van der Waals surface area contributed by atoms with Crippen molar-refractivity contribution in [1.29, 1.82) is 0 Å². The first kappa shape index (κ1) is 24.0. The van der Waals surface area contributed by atoms with Crippen LogP contribution in [-0.2, 0) is 9.59 Å². The van der Waals surface area contributed by atoms with Crippen LogP contribution in [0.15, 0.2) is 72.3 Å². The fourth-order valence-corrected chi connectivity index (χ4v) is 3.42. The van der Waals surface area contributed by atoms with Crippen LogP contribution in [0.4, 0.5) is 21.9 Å². The molecule has 1 saturated heterocycles. The lowest BCUT2D eigenvalue weighted by Crippen LogP contribution is -2.54. The molecule has 3 aromatic carbocycles. The van der Waals surface area contributed by atoms with Gasteiger partial charge in [0.2, 0.25) is 5.75 Å². The summed E-state index contributed by atoms with van der Waals surface area (Å²) in [5.74, 6) is -1.94. The number of imide groups is 2. The topological polar surface area (TPSA) is 162 Å². The second-order valence-electron chi connectivity index (χ2n) is 7.28. The number of carbonyl (C=O) groups is 3. The molecule has 4 rings (SSSR count). The number of nitrogens with zero attached hydrogens (tertiary/aromatic N) is 3. The van der Waals surface area contributed by atoms with Gasteiger partial charge in [-0.1, -0.05) is 23.7 Å². The molecule has 0 atom stereocenters. The standard InChI is InChI=1S/C23H13ClN4O8/c24-14-4-6-15(7-5-14)26-22(30)18(21(29)25-23(26)31)11-13-2-1-3-17(10-13)36-20-9-8-16(27(32)33)12-19(20)28(34)35/h1-12H,(H,25,29,31)/b18-11-. The number of hydrogen-bond donors (Lipinski definition) is 1. The number of hydrogen-bond acceptors (Lipinski definition) is 8. The van der Waals surface area contributed by atoms with Crippen molar-refractivity contribution in [3.05, 3.63) is 103 Å². The first-order valence-corrected chi connectivity index (χ1v) is 10.4. The van der Waals surface area contributed by atoms with Crippen LogP contribution >= 0.6 is 11.6 Å². The van der Waals surface area contributed by atoms with Gasteiger partial charge in [-0.25, -0.2) is 9.69 Å². The Balaban J connectivity index is 1.65. The number of halogens is 1. The quantitative estimate of drug-likeness (QED) is 0.218. The molecule has 1 fully saturated rings. The average Bonchev–Trinajstić information content (AvgIpc) is 2.83. The summed E-state index contributed by atoms with van der Waals surface area (Å²) in [6.07, 6.45) is 1.23. The Bertz CT molecular complexity index is 1470. The lowest BCUT2D eigenvalue weighted by atomic mass is 10.1. The number of rotatable bonds is 6. The average molecular weight is 509 g/mol. The Hall–Kier alpha value is -5.10. The van der Waals surface area contributed by atoms with Crippen molar-refractivity contribution in [3.8, 4) is 11.5 Å². The predicted octanol–water partition coefficient (Wildman–Crippen LogP) is 4.62. The van der Waals surface area contributed by atoms with Gasteiger partial charge in [0.15, 0.2) is 0 Å². The van der Waals surface area contributed by atoms with Gasteiger partial charge in [0.05, 0.1) is 21.6 Å². The van der Waals surface area contributed by atoms with E-state index in [0.717, 1.165) is 23.1 Å². The zero-order valence-corrected chi connectivity index (χ0v) is 18.7. The SMILES string of the molecule is O=C1NC(=O)N(c2ccc(Cl)cc2)C(=O)/C1=C\c1cccc(Oc2ccc([N+](=O)[O-])cc2[N+](=O)[O-])c1. The molecule has 180 valence electrons. The molecule has 4 amide bonds. The first-order valence-electron chi connectivity index (χ1n) is 10.0.